The SMILES string of the molecule is CC12CCC(NC3=NS(=O)(=O)[C@H]4CCCC[C@H]4O3)(CC1)CC2. The van der Waals surface area contributed by atoms with Crippen molar-refractivity contribution in [2.24, 2.45) is 9.81 Å². The number of nitrogens with zero attached hydrogens (tertiary/aromatic N) is 1. The Bertz CT molecular complexity index is 574. The third kappa shape index (κ3) is 2.43. The van der Waals surface area contributed by atoms with Gasteiger partial charge in [-0.05, 0) is 63.2 Å². The fourth-order valence-corrected chi connectivity index (χ4v) is 6.22. The molecule has 5 nitrogen and oxygen atoms in total. The van der Waals surface area contributed by atoms with Crippen molar-refractivity contribution in [2.45, 2.75) is 88.0 Å². The Morgan fingerprint density at radius 1 is 1.09 bits per heavy atom. The van der Waals surface area contributed by atoms with Crippen LogP contribution in [0.25, 0.3) is 0 Å². The molecule has 1 heterocycles. The molecule has 4 fully saturated rings. The summed E-state index contributed by atoms with van der Waals surface area (Å²) >= 11 is 0. The Morgan fingerprint density at radius 3 is 2.41 bits per heavy atom. The van der Waals surface area contributed by atoms with Gasteiger partial charge in [-0.3, -0.25) is 0 Å². The quantitative estimate of drug-likeness (QED) is 0.804. The van der Waals surface area contributed by atoms with Crippen LogP contribution in [0.3, 0.4) is 0 Å². The summed E-state index contributed by atoms with van der Waals surface area (Å²) in [5.74, 6) is 0. The highest BCUT2D eigenvalue weighted by Crippen LogP contribution is 2.52. The minimum atomic E-state index is -3.42. The lowest BCUT2D eigenvalue weighted by atomic mass is 9.58. The van der Waals surface area contributed by atoms with Gasteiger partial charge in [0, 0.05) is 5.54 Å². The van der Waals surface area contributed by atoms with Crippen molar-refractivity contribution in [1.82, 2.24) is 5.32 Å². The van der Waals surface area contributed by atoms with E-state index >= 15 is 0 Å². The Hall–Kier alpha value is -0.780. The Balaban J connectivity index is 1.55. The lowest BCUT2D eigenvalue weighted by molar-refractivity contribution is 0.0388. The Morgan fingerprint density at radius 2 is 1.73 bits per heavy atom. The fraction of sp³-hybridized carbons (Fsp3) is 0.938. The van der Waals surface area contributed by atoms with Gasteiger partial charge in [0.05, 0.1) is 0 Å². The van der Waals surface area contributed by atoms with Gasteiger partial charge >= 0.3 is 6.02 Å². The monoisotopic (exact) mass is 326 g/mol. The van der Waals surface area contributed by atoms with Gasteiger partial charge in [0.15, 0.2) is 0 Å². The van der Waals surface area contributed by atoms with Crippen LogP contribution in [0.5, 0.6) is 0 Å². The van der Waals surface area contributed by atoms with Crippen LogP contribution in [0.15, 0.2) is 4.40 Å². The zero-order valence-electron chi connectivity index (χ0n) is 13.3. The third-order valence-corrected chi connectivity index (χ3v) is 8.22. The van der Waals surface area contributed by atoms with Crippen LogP contribution >= 0.6 is 0 Å². The average Bonchev–Trinajstić information content (AvgIpc) is 2.48. The van der Waals surface area contributed by atoms with Crippen LogP contribution in [0.2, 0.25) is 0 Å². The molecular formula is C16H26N2O3S. The Labute approximate surface area is 133 Å². The molecule has 5 aliphatic rings. The molecule has 0 aromatic rings. The van der Waals surface area contributed by atoms with Gasteiger partial charge in [-0.25, -0.2) is 8.42 Å². The molecule has 4 aliphatic carbocycles. The number of nitrogens with one attached hydrogen (secondary N) is 1. The molecule has 0 spiro atoms. The molecule has 0 amide bonds. The maximum Gasteiger partial charge on any atom is 0.301 e. The van der Waals surface area contributed by atoms with Crippen molar-refractivity contribution >= 4 is 16.0 Å². The van der Waals surface area contributed by atoms with Gasteiger partial charge in [0.25, 0.3) is 10.0 Å². The van der Waals surface area contributed by atoms with Gasteiger partial charge in [-0.2, -0.15) is 0 Å². The minimum Gasteiger partial charge on any atom is -0.460 e. The Kier molecular flexibility index (Phi) is 3.26. The molecule has 0 saturated heterocycles. The molecule has 1 N–H and O–H groups in total. The second-order valence-electron chi connectivity index (χ2n) is 8.11. The predicted octanol–water partition coefficient (Wildman–Crippen LogP) is 2.72. The van der Waals surface area contributed by atoms with Crippen molar-refractivity contribution in [3.8, 4) is 0 Å². The molecule has 22 heavy (non-hydrogen) atoms. The second kappa shape index (κ2) is 4.86. The highest BCUT2D eigenvalue weighted by atomic mass is 32.2. The van der Waals surface area contributed by atoms with Crippen LogP contribution in [-0.4, -0.2) is 31.3 Å². The molecule has 6 heteroatoms. The largest absolute Gasteiger partial charge is 0.460 e. The van der Waals surface area contributed by atoms with Gasteiger partial charge < -0.3 is 10.1 Å². The summed E-state index contributed by atoms with van der Waals surface area (Å²) in [7, 11) is -3.42. The van der Waals surface area contributed by atoms with Gasteiger partial charge in [-0.1, -0.05) is 13.3 Å². The summed E-state index contributed by atoms with van der Waals surface area (Å²) in [6, 6.07) is 0.272. The highest BCUT2D eigenvalue weighted by Gasteiger charge is 2.48. The van der Waals surface area contributed by atoms with Crippen LogP contribution in [0.4, 0.5) is 0 Å². The second-order valence-corrected chi connectivity index (χ2v) is 9.92. The first-order chi connectivity index (χ1) is 10.4. The van der Waals surface area contributed by atoms with E-state index in [0.29, 0.717) is 11.8 Å². The first-order valence-electron chi connectivity index (χ1n) is 8.69. The predicted molar refractivity (Wildman–Crippen MR) is 85.2 cm³/mol. The van der Waals surface area contributed by atoms with Crippen molar-refractivity contribution in [3.63, 3.8) is 0 Å². The average molecular weight is 326 g/mol. The van der Waals surface area contributed by atoms with E-state index in [0.717, 1.165) is 38.5 Å². The van der Waals surface area contributed by atoms with Gasteiger partial charge in [0.1, 0.15) is 11.4 Å². The summed E-state index contributed by atoms with van der Waals surface area (Å²) in [4.78, 5) is 0. The first-order valence-corrected chi connectivity index (χ1v) is 10.2. The van der Waals surface area contributed by atoms with E-state index in [1.54, 1.807) is 0 Å². The smallest absolute Gasteiger partial charge is 0.301 e. The van der Waals surface area contributed by atoms with Gasteiger partial charge in [0.2, 0.25) is 0 Å². The van der Waals surface area contributed by atoms with Crippen molar-refractivity contribution in [3.05, 3.63) is 0 Å². The van der Waals surface area contributed by atoms with Crippen LogP contribution in [0.1, 0.15) is 71.1 Å². The molecule has 5 rings (SSSR count). The fourth-order valence-electron chi connectivity index (χ4n) is 4.73. The number of fused-ring (bicyclic) bond motifs is 4. The maximum absolute atomic E-state index is 12.4. The van der Waals surface area contributed by atoms with E-state index in [-0.39, 0.29) is 17.7 Å². The summed E-state index contributed by atoms with van der Waals surface area (Å²) < 4.78 is 34.8. The van der Waals surface area contributed by atoms with E-state index in [4.69, 9.17) is 4.74 Å². The number of hydrogen-bond donors (Lipinski definition) is 1. The van der Waals surface area contributed by atoms with E-state index in [1.165, 1.54) is 19.3 Å². The van der Waals surface area contributed by atoms with Gasteiger partial charge in [-0.15, -0.1) is 4.40 Å². The zero-order chi connectivity index (χ0) is 15.4. The molecule has 1 aliphatic heterocycles. The lowest BCUT2D eigenvalue weighted by Gasteiger charge is -2.52. The maximum atomic E-state index is 12.4. The van der Waals surface area contributed by atoms with Crippen LogP contribution < -0.4 is 5.32 Å². The molecule has 0 radical (unpaired) electrons. The third-order valence-electron chi connectivity index (χ3n) is 6.49. The molecule has 0 aromatic heterocycles. The molecular weight excluding hydrogens is 300 g/mol. The number of rotatable bonds is 1. The standard InChI is InChI=1S/C16H26N2O3S/c1-15-6-9-16(10-7-15,11-8-15)17-14-18-22(19,20)13-5-3-2-4-12(13)21-14/h12-13H,2-11H2,1H3,(H,17,18)/t12-,13+,15?,16?/m1/s1. The summed E-state index contributed by atoms with van der Waals surface area (Å²) in [5.41, 5.74) is 0.507. The van der Waals surface area contributed by atoms with E-state index in [1.807, 2.05) is 0 Å². The molecule has 4 saturated carbocycles. The van der Waals surface area contributed by atoms with Crippen molar-refractivity contribution in [2.75, 3.05) is 0 Å². The molecule has 0 unspecified atom stereocenters. The highest BCUT2D eigenvalue weighted by molar-refractivity contribution is 7.91. The summed E-state index contributed by atoms with van der Waals surface area (Å²) in [6.07, 6.45) is 10.3. The normalized spacial score (nSPS) is 46.3. The zero-order valence-corrected chi connectivity index (χ0v) is 14.1. The lowest BCUT2D eigenvalue weighted by Crippen LogP contribution is -2.58. The topological polar surface area (TPSA) is 67.8 Å². The molecule has 2 bridgehead atoms. The number of ether oxygens (including phenoxy) is 1. The summed E-state index contributed by atoms with van der Waals surface area (Å²) in [6.45, 7) is 2.38. The van der Waals surface area contributed by atoms with Crippen molar-refractivity contribution < 1.29 is 13.2 Å². The minimum absolute atomic E-state index is 0.00756. The number of hydrogen-bond acceptors (Lipinski definition) is 4. The van der Waals surface area contributed by atoms with E-state index in [2.05, 4.69) is 16.6 Å². The van der Waals surface area contributed by atoms with Crippen LogP contribution in [0, 0.1) is 5.41 Å². The molecule has 0 aromatic carbocycles. The summed E-state index contributed by atoms with van der Waals surface area (Å²) in [5, 5.41) is 2.99. The first kappa shape index (κ1) is 14.8. The molecule has 124 valence electrons. The molecule has 2 atom stereocenters. The van der Waals surface area contributed by atoms with Crippen molar-refractivity contribution in [1.29, 1.82) is 0 Å². The number of amidine groups is 1. The van der Waals surface area contributed by atoms with E-state index < -0.39 is 15.3 Å². The van der Waals surface area contributed by atoms with Crippen LogP contribution in [-0.2, 0) is 14.8 Å². The number of sulfonamides is 1. The van der Waals surface area contributed by atoms with E-state index in [9.17, 15) is 8.42 Å².